The fourth-order valence-electron chi connectivity index (χ4n) is 11.0. The SMILES string of the molecule is CCCCCCCCCCCCCCCCC(=O)OCC(COP(=O)([O-])OCC[N+](C)(C)C)OC(=O)CCCCCCCCN[C@H]1CC(O[C@H]2C[C@](O)(C(=O)CO)Cc3c(O)c4c(c(O)c32)C(=O)c2c(OC)cccc2C4=O)O[C@@H](C)[C@H]1O. The molecule has 5 rings (SSSR count). The number of phenols is 2. The van der Waals surface area contributed by atoms with Crippen molar-refractivity contribution in [1.29, 1.82) is 0 Å². The van der Waals surface area contributed by atoms with Gasteiger partial charge < -0.3 is 73.0 Å². The third-order valence-electron chi connectivity index (χ3n) is 15.9. The standard InChI is InChI=1S/C61H95N2O19P/c1-7-8-9-10-11-12-13-14-15-16-17-18-21-24-30-49(66)77-39-42(40-79-83(74,75)78-34-33-63(3,4)5)81-50(67)31-25-22-19-20-23-26-32-62-45-35-51(80-41(2)56(45)68)82-47-37-61(73,48(65)38-64)36-44-53(47)60(72)55-54(58(44)70)57(69)43-28-27-29-46(76-6)52(43)59(55)71/h27-29,41-42,45,47,51,56,62,64,68,73H,7-26,30-40H2,1-6H3,(H2-,69,70,71,72,74,75)/t41-,42?,45-,47-,51?,56+,61-/m0/s1. The number of nitrogens with zero attached hydrogens (tertiary/aromatic N) is 1. The molecule has 1 aliphatic heterocycles. The minimum Gasteiger partial charge on any atom is -0.756 e. The van der Waals surface area contributed by atoms with Crippen LogP contribution in [0.25, 0.3) is 0 Å². The zero-order valence-corrected chi connectivity index (χ0v) is 50.9. The van der Waals surface area contributed by atoms with E-state index in [9.17, 15) is 59.0 Å². The van der Waals surface area contributed by atoms with Gasteiger partial charge >= 0.3 is 11.9 Å². The number of methoxy groups -OCH3 is 1. The highest BCUT2D eigenvalue weighted by atomic mass is 31.2. The molecule has 1 heterocycles. The maximum absolute atomic E-state index is 14.1. The summed E-state index contributed by atoms with van der Waals surface area (Å²) in [6.07, 6.45) is 14.7. The molecule has 2 aromatic carbocycles. The molecule has 0 spiro atoms. The molecule has 2 aromatic rings. The first-order valence-electron chi connectivity index (χ1n) is 30.3. The zero-order chi connectivity index (χ0) is 60.7. The molecule has 0 saturated carbocycles. The van der Waals surface area contributed by atoms with Crippen molar-refractivity contribution in [2.24, 2.45) is 0 Å². The Morgan fingerprint density at radius 1 is 0.807 bits per heavy atom. The van der Waals surface area contributed by atoms with Gasteiger partial charge in [-0.2, -0.15) is 0 Å². The number of unbranched alkanes of at least 4 members (excludes halogenated alkanes) is 18. The number of phosphoric ester groups is 1. The summed E-state index contributed by atoms with van der Waals surface area (Å²) in [6, 6.07) is 3.80. The molecule has 21 nitrogen and oxygen atoms in total. The van der Waals surface area contributed by atoms with E-state index in [-0.39, 0.29) is 60.5 Å². The van der Waals surface area contributed by atoms with Crippen molar-refractivity contribution in [3.8, 4) is 17.2 Å². The lowest BCUT2D eigenvalue weighted by atomic mass is 9.72. The summed E-state index contributed by atoms with van der Waals surface area (Å²) in [4.78, 5) is 79.2. The number of aromatic hydroxyl groups is 2. The van der Waals surface area contributed by atoms with Gasteiger partial charge in [0.25, 0.3) is 7.82 Å². The molecule has 468 valence electrons. The van der Waals surface area contributed by atoms with Gasteiger partial charge in [0.15, 0.2) is 24.0 Å². The second-order valence-electron chi connectivity index (χ2n) is 23.7. The molecular weight excluding hydrogens is 1100 g/mol. The molecule has 0 bridgehead atoms. The van der Waals surface area contributed by atoms with E-state index in [0.29, 0.717) is 36.8 Å². The Morgan fingerprint density at radius 2 is 1.39 bits per heavy atom. The van der Waals surface area contributed by atoms with E-state index >= 15 is 0 Å². The lowest BCUT2D eigenvalue weighted by Crippen LogP contribution is -2.54. The van der Waals surface area contributed by atoms with Gasteiger partial charge in [-0.05, 0) is 38.8 Å². The van der Waals surface area contributed by atoms with Gasteiger partial charge in [0.05, 0.1) is 69.9 Å². The van der Waals surface area contributed by atoms with E-state index in [1.807, 2.05) is 21.1 Å². The number of rotatable bonds is 40. The fourth-order valence-corrected chi connectivity index (χ4v) is 11.8. The van der Waals surface area contributed by atoms with Gasteiger partial charge in [-0.1, -0.05) is 128 Å². The molecule has 6 N–H and O–H groups in total. The molecule has 0 radical (unpaired) electrons. The molecule has 2 aliphatic carbocycles. The average Bonchev–Trinajstić information content (AvgIpc) is 1.54. The Morgan fingerprint density at radius 3 is 1.98 bits per heavy atom. The summed E-state index contributed by atoms with van der Waals surface area (Å²) >= 11 is 0. The highest BCUT2D eigenvalue weighted by molar-refractivity contribution is 7.45. The third kappa shape index (κ3) is 21.2. The average molecular weight is 1190 g/mol. The van der Waals surface area contributed by atoms with Crippen LogP contribution < -0.4 is 14.9 Å². The summed E-state index contributed by atoms with van der Waals surface area (Å²) in [7, 11) is 2.24. The number of hydrogen-bond acceptors (Lipinski definition) is 20. The molecule has 22 heteroatoms. The van der Waals surface area contributed by atoms with Crippen LogP contribution in [0.1, 0.15) is 217 Å². The third-order valence-corrected chi connectivity index (χ3v) is 16.8. The maximum atomic E-state index is 14.1. The van der Waals surface area contributed by atoms with Gasteiger partial charge in [-0.15, -0.1) is 0 Å². The molecule has 1 saturated heterocycles. The van der Waals surface area contributed by atoms with Gasteiger partial charge in [0.1, 0.15) is 49.2 Å². The van der Waals surface area contributed by atoms with Crippen molar-refractivity contribution in [2.45, 2.75) is 217 Å². The van der Waals surface area contributed by atoms with Crippen molar-refractivity contribution in [1.82, 2.24) is 5.32 Å². The highest BCUT2D eigenvalue weighted by Crippen LogP contribution is 2.53. The molecule has 1 fully saturated rings. The molecule has 8 atom stereocenters. The number of ether oxygens (including phenoxy) is 5. The Labute approximate surface area is 490 Å². The number of carbonyl (C=O) groups excluding carboxylic acids is 5. The van der Waals surface area contributed by atoms with Gasteiger partial charge in [-0.25, -0.2) is 0 Å². The highest BCUT2D eigenvalue weighted by Gasteiger charge is 2.50. The summed E-state index contributed by atoms with van der Waals surface area (Å²) in [5.41, 5.74) is -3.86. The predicted octanol–water partition coefficient (Wildman–Crippen LogP) is 7.90. The largest absolute Gasteiger partial charge is 0.756 e. The Balaban J connectivity index is 1.05. The maximum Gasteiger partial charge on any atom is 0.306 e. The number of Topliss-reactive ketones (excluding diaryl/α,β-unsaturated/α-hetero) is 1. The number of quaternary nitrogens is 1. The number of esters is 2. The van der Waals surface area contributed by atoms with Crippen LogP contribution in [-0.4, -0.2) is 163 Å². The van der Waals surface area contributed by atoms with Crippen molar-refractivity contribution in [2.75, 3.05) is 67.8 Å². The van der Waals surface area contributed by atoms with Crippen LogP contribution in [0.3, 0.4) is 0 Å². The monoisotopic (exact) mass is 1190 g/mol. The minimum atomic E-state index is -4.75. The van der Waals surface area contributed by atoms with Crippen LogP contribution in [0, 0.1) is 0 Å². The van der Waals surface area contributed by atoms with Crippen molar-refractivity contribution < 1.29 is 96.2 Å². The summed E-state index contributed by atoms with van der Waals surface area (Å²) in [5, 5.41) is 59.6. The molecule has 0 amide bonds. The first kappa shape index (κ1) is 69.4. The van der Waals surface area contributed by atoms with E-state index in [2.05, 4.69) is 12.2 Å². The number of benzene rings is 2. The molecule has 0 aromatic heterocycles. The zero-order valence-electron chi connectivity index (χ0n) is 50.0. The Bertz CT molecular complexity index is 2480. The van der Waals surface area contributed by atoms with E-state index in [0.717, 1.165) is 44.9 Å². The normalized spacial score (nSPS) is 21.6. The lowest BCUT2D eigenvalue weighted by molar-refractivity contribution is -0.870. The molecule has 3 aliphatic rings. The second kappa shape index (κ2) is 34.1. The first-order chi connectivity index (χ1) is 39.5. The quantitative estimate of drug-likeness (QED) is 0.0104. The van der Waals surface area contributed by atoms with Crippen LogP contribution in [0.5, 0.6) is 17.2 Å². The summed E-state index contributed by atoms with van der Waals surface area (Å²) < 4.78 is 51.9. The predicted molar refractivity (Wildman–Crippen MR) is 306 cm³/mol. The number of hydrogen-bond donors (Lipinski definition) is 6. The van der Waals surface area contributed by atoms with Crippen LogP contribution in [-0.2, 0) is 53.4 Å². The lowest BCUT2D eigenvalue weighted by Gasteiger charge is -2.43. The van der Waals surface area contributed by atoms with Crippen molar-refractivity contribution in [3.05, 3.63) is 51.6 Å². The van der Waals surface area contributed by atoms with Gasteiger partial charge in [0.2, 0.25) is 5.78 Å². The second-order valence-corrected chi connectivity index (χ2v) is 25.1. The number of ketones is 3. The number of fused-ring (bicyclic) bond motifs is 3. The van der Waals surface area contributed by atoms with E-state index < -0.39 is 128 Å². The Kier molecular flexibility index (Phi) is 28.5. The van der Waals surface area contributed by atoms with Gasteiger partial charge in [0, 0.05) is 54.8 Å². The Hall–Kier alpha value is -4.38. The van der Waals surface area contributed by atoms with Crippen molar-refractivity contribution in [3.63, 3.8) is 0 Å². The number of aliphatic hydroxyl groups excluding tert-OH is 2. The minimum absolute atomic E-state index is 0.0527. The topological polar surface area (TPSA) is 303 Å². The number of aliphatic hydroxyl groups is 3. The molecule has 3 unspecified atom stereocenters. The first-order valence-corrected chi connectivity index (χ1v) is 31.7. The van der Waals surface area contributed by atoms with Crippen molar-refractivity contribution >= 4 is 37.1 Å². The van der Waals surface area contributed by atoms with E-state index in [1.54, 1.807) is 6.92 Å². The smallest absolute Gasteiger partial charge is 0.306 e. The van der Waals surface area contributed by atoms with Crippen LogP contribution in [0.15, 0.2) is 18.2 Å². The summed E-state index contributed by atoms with van der Waals surface area (Å²) in [5.74, 6) is -4.98. The number of phenolic OH excluding ortho intramolecular Hbond substituents is 2. The van der Waals surface area contributed by atoms with E-state index in [4.69, 9.17) is 32.7 Å². The van der Waals surface area contributed by atoms with Crippen LogP contribution in [0.4, 0.5) is 0 Å². The molecular formula is C61H95N2O19P. The fraction of sp³-hybridized carbons (Fsp3) is 0.721. The summed E-state index contributed by atoms with van der Waals surface area (Å²) in [6.45, 7) is 2.67. The number of carbonyl (C=O) groups is 5. The van der Waals surface area contributed by atoms with Gasteiger partial charge in [-0.3, -0.25) is 28.5 Å². The number of phosphoric acid groups is 1. The molecule has 83 heavy (non-hydrogen) atoms. The van der Waals surface area contributed by atoms with E-state index in [1.165, 1.54) is 89.5 Å². The van der Waals surface area contributed by atoms with Crippen LogP contribution >= 0.6 is 7.82 Å². The van der Waals surface area contributed by atoms with Crippen LogP contribution in [0.2, 0.25) is 0 Å². The number of likely N-dealkylation sites (N-methyl/N-ethyl adjacent to an activating group) is 1. The number of nitrogens with one attached hydrogen (secondary N) is 1.